The lowest BCUT2D eigenvalue weighted by molar-refractivity contribution is -0.157. The van der Waals surface area contributed by atoms with E-state index in [4.69, 9.17) is 9.47 Å². The van der Waals surface area contributed by atoms with E-state index in [-0.39, 0.29) is 12.1 Å². The van der Waals surface area contributed by atoms with Gasteiger partial charge in [-0.25, -0.2) is 4.79 Å². The van der Waals surface area contributed by atoms with Gasteiger partial charge in [-0.2, -0.15) is 0 Å². The molecule has 4 rings (SSSR count). The Hall–Kier alpha value is -1.35. The van der Waals surface area contributed by atoms with Crippen molar-refractivity contribution in [2.45, 2.75) is 68.7 Å². The first-order valence-corrected chi connectivity index (χ1v) is 8.24. The van der Waals surface area contributed by atoms with Gasteiger partial charge in [0.15, 0.2) is 5.60 Å². The minimum atomic E-state index is -0.689. The molecule has 112 valence electrons. The molecule has 3 aliphatic rings. The zero-order valence-electron chi connectivity index (χ0n) is 12.3. The minimum Gasteiger partial charge on any atom is -0.460 e. The number of carbonyl (C=O) groups is 1. The summed E-state index contributed by atoms with van der Waals surface area (Å²) in [5.41, 5.74) is 0.0364. The Morgan fingerprint density at radius 1 is 1.05 bits per heavy atom. The summed E-state index contributed by atoms with van der Waals surface area (Å²) in [6.07, 6.45) is 8.52. The number of fused-ring (bicyclic) bond motifs is 1. The van der Waals surface area contributed by atoms with E-state index < -0.39 is 11.2 Å². The summed E-state index contributed by atoms with van der Waals surface area (Å²) in [6, 6.07) is 10.2. The lowest BCUT2D eigenvalue weighted by atomic mass is 9.88. The van der Waals surface area contributed by atoms with E-state index >= 15 is 0 Å². The summed E-state index contributed by atoms with van der Waals surface area (Å²) in [5, 5.41) is 0. The van der Waals surface area contributed by atoms with Gasteiger partial charge in [0.25, 0.3) is 0 Å². The first-order chi connectivity index (χ1) is 10.3. The number of benzene rings is 1. The summed E-state index contributed by atoms with van der Waals surface area (Å²) in [4.78, 5) is 12.7. The maximum atomic E-state index is 12.7. The lowest BCUT2D eigenvalue weighted by Crippen LogP contribution is -2.34. The zero-order valence-corrected chi connectivity index (χ0v) is 12.3. The van der Waals surface area contributed by atoms with Gasteiger partial charge in [-0.3, -0.25) is 0 Å². The third-order valence-electron chi connectivity index (χ3n) is 5.41. The number of epoxide rings is 1. The van der Waals surface area contributed by atoms with Crippen molar-refractivity contribution in [3.63, 3.8) is 0 Å². The van der Waals surface area contributed by atoms with Gasteiger partial charge >= 0.3 is 5.97 Å². The fourth-order valence-electron chi connectivity index (χ4n) is 4.25. The average Bonchev–Trinajstić information content (AvgIpc) is 3.07. The van der Waals surface area contributed by atoms with Gasteiger partial charge in [-0.1, -0.05) is 36.8 Å². The second-order valence-electron chi connectivity index (χ2n) is 6.64. The van der Waals surface area contributed by atoms with Crippen molar-refractivity contribution >= 4 is 5.97 Å². The molecule has 1 aromatic rings. The van der Waals surface area contributed by atoms with Crippen LogP contribution in [0.1, 0.15) is 56.9 Å². The molecule has 3 heteroatoms. The molecule has 3 nitrogen and oxygen atoms in total. The van der Waals surface area contributed by atoms with Crippen LogP contribution in [-0.2, 0) is 19.9 Å². The van der Waals surface area contributed by atoms with Crippen molar-refractivity contribution in [2.75, 3.05) is 0 Å². The Kier molecular flexibility index (Phi) is 3.07. The molecule has 0 amide bonds. The predicted molar refractivity (Wildman–Crippen MR) is 78.8 cm³/mol. The van der Waals surface area contributed by atoms with Gasteiger partial charge in [0.2, 0.25) is 0 Å². The Morgan fingerprint density at radius 2 is 1.81 bits per heavy atom. The normalized spacial score (nSPS) is 35.2. The fourth-order valence-corrected chi connectivity index (χ4v) is 4.25. The monoisotopic (exact) mass is 286 g/mol. The van der Waals surface area contributed by atoms with E-state index in [0.717, 1.165) is 37.7 Å². The van der Waals surface area contributed by atoms with Crippen LogP contribution in [0.2, 0.25) is 0 Å². The van der Waals surface area contributed by atoms with Gasteiger partial charge in [-0.05, 0) is 50.5 Å². The molecule has 2 atom stereocenters. The van der Waals surface area contributed by atoms with Crippen LogP contribution in [0.15, 0.2) is 30.3 Å². The van der Waals surface area contributed by atoms with Crippen LogP contribution in [0.25, 0.3) is 0 Å². The Labute approximate surface area is 125 Å². The van der Waals surface area contributed by atoms with E-state index in [1.54, 1.807) is 0 Å². The first kappa shape index (κ1) is 13.3. The van der Waals surface area contributed by atoms with Crippen molar-refractivity contribution in [1.29, 1.82) is 0 Å². The van der Waals surface area contributed by atoms with Gasteiger partial charge in [0.1, 0.15) is 11.7 Å². The maximum Gasteiger partial charge on any atom is 0.342 e. The Balaban J connectivity index is 1.53. The largest absolute Gasteiger partial charge is 0.460 e. The van der Waals surface area contributed by atoms with Crippen molar-refractivity contribution in [3.05, 3.63) is 35.9 Å². The van der Waals surface area contributed by atoms with Crippen molar-refractivity contribution in [1.82, 2.24) is 0 Å². The van der Waals surface area contributed by atoms with E-state index in [1.165, 1.54) is 19.3 Å². The van der Waals surface area contributed by atoms with Crippen LogP contribution in [0.3, 0.4) is 0 Å². The molecule has 3 fully saturated rings. The third-order valence-corrected chi connectivity index (χ3v) is 5.41. The summed E-state index contributed by atoms with van der Waals surface area (Å²) >= 11 is 0. The Bertz CT molecular complexity index is 535. The second kappa shape index (κ2) is 4.84. The van der Waals surface area contributed by atoms with Crippen LogP contribution >= 0.6 is 0 Å². The molecule has 0 aromatic heterocycles. The van der Waals surface area contributed by atoms with Gasteiger partial charge in [0.05, 0.1) is 0 Å². The SMILES string of the molecule is O=C(OC1CCCCC1)C12CCCC1(c1ccccc1)O2. The third kappa shape index (κ3) is 1.94. The van der Waals surface area contributed by atoms with E-state index in [1.807, 2.05) is 18.2 Å². The van der Waals surface area contributed by atoms with Crippen molar-refractivity contribution in [2.24, 2.45) is 0 Å². The minimum absolute atomic E-state index is 0.110. The Morgan fingerprint density at radius 3 is 2.57 bits per heavy atom. The average molecular weight is 286 g/mol. The molecule has 0 spiro atoms. The number of hydrogen-bond donors (Lipinski definition) is 0. The molecular formula is C18H22O3. The maximum absolute atomic E-state index is 12.7. The molecule has 0 N–H and O–H groups in total. The molecule has 2 aliphatic carbocycles. The number of ether oxygens (including phenoxy) is 2. The summed E-state index contributed by atoms with van der Waals surface area (Å²) < 4.78 is 11.8. The molecule has 1 aliphatic heterocycles. The van der Waals surface area contributed by atoms with Gasteiger partial charge < -0.3 is 9.47 Å². The van der Waals surface area contributed by atoms with Crippen molar-refractivity contribution < 1.29 is 14.3 Å². The highest BCUT2D eigenvalue weighted by Crippen LogP contribution is 2.66. The highest BCUT2D eigenvalue weighted by molar-refractivity contribution is 5.86. The molecule has 21 heavy (non-hydrogen) atoms. The zero-order chi connectivity index (χ0) is 14.3. The van der Waals surface area contributed by atoms with Gasteiger partial charge in [-0.15, -0.1) is 0 Å². The molecule has 0 bridgehead atoms. The fraction of sp³-hybridized carbons (Fsp3) is 0.611. The number of rotatable bonds is 3. The van der Waals surface area contributed by atoms with Crippen molar-refractivity contribution in [3.8, 4) is 0 Å². The molecule has 2 saturated carbocycles. The molecule has 1 heterocycles. The summed E-state index contributed by atoms with van der Waals surface area (Å²) in [7, 11) is 0. The molecule has 2 unspecified atom stereocenters. The van der Waals surface area contributed by atoms with Crippen LogP contribution < -0.4 is 0 Å². The van der Waals surface area contributed by atoms with E-state index in [0.29, 0.717) is 0 Å². The van der Waals surface area contributed by atoms with Crippen LogP contribution in [0.4, 0.5) is 0 Å². The highest BCUT2D eigenvalue weighted by Gasteiger charge is 2.78. The standard InChI is InChI=1S/C18H22O3/c19-16(20-15-10-5-2-6-11-15)18-13-7-12-17(18,21-18)14-8-3-1-4-9-14/h1,3-4,8-9,15H,2,5-7,10-13H2. The number of carbonyl (C=O) groups excluding carboxylic acids is 1. The van der Waals surface area contributed by atoms with Crippen LogP contribution in [-0.4, -0.2) is 17.7 Å². The van der Waals surface area contributed by atoms with Crippen LogP contribution in [0.5, 0.6) is 0 Å². The smallest absolute Gasteiger partial charge is 0.342 e. The quantitative estimate of drug-likeness (QED) is 0.628. The highest BCUT2D eigenvalue weighted by atomic mass is 16.7. The van der Waals surface area contributed by atoms with Gasteiger partial charge in [0, 0.05) is 0 Å². The summed E-state index contributed by atoms with van der Waals surface area (Å²) in [6.45, 7) is 0. The predicted octanol–water partition coefficient (Wildman–Crippen LogP) is 3.71. The first-order valence-electron chi connectivity index (χ1n) is 8.24. The van der Waals surface area contributed by atoms with E-state index in [2.05, 4.69) is 12.1 Å². The lowest BCUT2D eigenvalue weighted by Gasteiger charge is -2.23. The van der Waals surface area contributed by atoms with E-state index in [9.17, 15) is 4.79 Å². The molecule has 1 aromatic carbocycles. The molecule has 1 saturated heterocycles. The van der Waals surface area contributed by atoms with Crippen LogP contribution in [0, 0.1) is 0 Å². The molecule has 0 radical (unpaired) electrons. The second-order valence-corrected chi connectivity index (χ2v) is 6.64. The summed E-state index contributed by atoms with van der Waals surface area (Å²) in [5.74, 6) is -0.115. The number of esters is 1. The number of hydrogen-bond acceptors (Lipinski definition) is 3. The topological polar surface area (TPSA) is 38.8 Å². The molecular weight excluding hydrogens is 264 g/mol.